The van der Waals surface area contributed by atoms with E-state index in [4.69, 9.17) is 5.11 Å². The van der Waals surface area contributed by atoms with E-state index in [1.54, 1.807) is 6.08 Å². The molecule has 0 aliphatic heterocycles. The Morgan fingerprint density at radius 2 is 2.36 bits per heavy atom. The summed E-state index contributed by atoms with van der Waals surface area (Å²) in [5.41, 5.74) is 0.389. The number of ketones is 2. The maximum Gasteiger partial charge on any atom is 0.184 e. The molecule has 0 amide bonds. The molecule has 11 heavy (non-hydrogen) atoms. The molecule has 0 spiro atoms. The van der Waals surface area contributed by atoms with E-state index in [-0.39, 0.29) is 18.0 Å². The minimum Gasteiger partial charge on any atom is -0.388 e. The fraction of sp³-hybridized carbons (Fsp3) is 0.250. The summed E-state index contributed by atoms with van der Waals surface area (Å²) in [4.78, 5) is 21.5. The van der Waals surface area contributed by atoms with E-state index in [9.17, 15) is 9.59 Å². The van der Waals surface area contributed by atoms with Crippen LogP contribution in [0.15, 0.2) is 23.8 Å². The Morgan fingerprint density at radius 3 is 2.91 bits per heavy atom. The predicted octanol–water partition coefficient (Wildman–Crippen LogP) is 0.00320. The van der Waals surface area contributed by atoms with Crippen LogP contribution in [0.5, 0.6) is 0 Å². The summed E-state index contributed by atoms with van der Waals surface area (Å²) >= 11 is 0. The highest BCUT2D eigenvalue weighted by atomic mass is 16.3. The van der Waals surface area contributed by atoms with Crippen molar-refractivity contribution in [2.75, 3.05) is 6.61 Å². The number of carbonyl (C=O) groups is 2. The van der Waals surface area contributed by atoms with E-state index in [0.717, 1.165) is 0 Å². The summed E-state index contributed by atoms with van der Waals surface area (Å²) in [6.45, 7) is -0.521. The van der Waals surface area contributed by atoms with Gasteiger partial charge in [-0.15, -0.1) is 0 Å². The number of carbonyl (C=O) groups excluding carboxylic acids is 2. The van der Waals surface area contributed by atoms with E-state index in [1.807, 2.05) is 0 Å². The van der Waals surface area contributed by atoms with Gasteiger partial charge < -0.3 is 5.11 Å². The van der Waals surface area contributed by atoms with E-state index < -0.39 is 6.61 Å². The summed E-state index contributed by atoms with van der Waals surface area (Å²) in [5, 5.41) is 8.45. The van der Waals surface area contributed by atoms with Crippen molar-refractivity contribution >= 4 is 11.6 Å². The van der Waals surface area contributed by atoms with Crippen molar-refractivity contribution < 1.29 is 14.7 Å². The third-order valence-corrected chi connectivity index (χ3v) is 1.45. The fourth-order valence-electron chi connectivity index (χ4n) is 0.870. The Balaban J connectivity index is 2.74. The van der Waals surface area contributed by atoms with Crippen LogP contribution >= 0.6 is 0 Å². The molecule has 1 N–H and O–H groups in total. The molecule has 0 aromatic rings. The molecule has 0 bridgehead atoms. The van der Waals surface area contributed by atoms with Crippen LogP contribution in [0.4, 0.5) is 0 Å². The molecular weight excluding hydrogens is 144 g/mol. The maximum absolute atomic E-state index is 10.8. The van der Waals surface area contributed by atoms with Gasteiger partial charge in [0, 0.05) is 12.0 Å². The molecule has 0 aromatic carbocycles. The first-order chi connectivity index (χ1) is 5.24. The van der Waals surface area contributed by atoms with Crippen LogP contribution < -0.4 is 0 Å². The molecule has 0 aromatic heterocycles. The molecule has 3 heteroatoms. The lowest BCUT2D eigenvalue weighted by atomic mass is 10.0. The van der Waals surface area contributed by atoms with Crippen LogP contribution in [0.1, 0.15) is 6.42 Å². The normalized spacial score (nSPS) is 16.5. The molecular formula is C8H8O3. The maximum atomic E-state index is 10.8. The molecule has 1 rings (SSSR count). The molecule has 0 unspecified atom stereocenters. The minimum absolute atomic E-state index is 0.0932. The number of allylic oxidation sites excluding steroid dienone is 3. The summed E-state index contributed by atoms with van der Waals surface area (Å²) in [6, 6.07) is 0. The topological polar surface area (TPSA) is 54.4 Å². The second kappa shape index (κ2) is 3.25. The molecule has 1 aliphatic carbocycles. The van der Waals surface area contributed by atoms with Gasteiger partial charge in [-0.1, -0.05) is 12.2 Å². The number of hydrogen-bond donors (Lipinski definition) is 1. The van der Waals surface area contributed by atoms with Crippen molar-refractivity contribution in [2.45, 2.75) is 6.42 Å². The van der Waals surface area contributed by atoms with Gasteiger partial charge in [-0.25, -0.2) is 0 Å². The lowest BCUT2D eigenvalue weighted by Crippen LogP contribution is -2.12. The largest absolute Gasteiger partial charge is 0.388 e. The minimum atomic E-state index is -0.521. The van der Waals surface area contributed by atoms with Crippen molar-refractivity contribution in [1.82, 2.24) is 0 Å². The molecule has 0 saturated heterocycles. The zero-order valence-corrected chi connectivity index (χ0v) is 5.91. The number of aliphatic hydroxyl groups is 1. The van der Waals surface area contributed by atoms with Crippen molar-refractivity contribution in [3.05, 3.63) is 23.8 Å². The van der Waals surface area contributed by atoms with E-state index in [0.29, 0.717) is 5.57 Å². The standard InChI is InChI=1S/C8H8O3/c9-5-8(11)6-2-1-3-7(10)4-6/h1-3,9H,4-5H2. The van der Waals surface area contributed by atoms with Gasteiger partial charge >= 0.3 is 0 Å². The highest BCUT2D eigenvalue weighted by molar-refractivity contribution is 6.05. The van der Waals surface area contributed by atoms with Crippen molar-refractivity contribution in [2.24, 2.45) is 0 Å². The van der Waals surface area contributed by atoms with Gasteiger partial charge in [0.05, 0.1) is 0 Å². The second-order valence-electron chi connectivity index (χ2n) is 2.28. The van der Waals surface area contributed by atoms with E-state index in [1.165, 1.54) is 12.2 Å². The average molecular weight is 152 g/mol. The number of rotatable bonds is 2. The highest BCUT2D eigenvalue weighted by Crippen LogP contribution is 2.09. The zero-order chi connectivity index (χ0) is 8.27. The Morgan fingerprint density at radius 1 is 1.64 bits per heavy atom. The molecule has 0 heterocycles. The average Bonchev–Trinajstić information content (AvgIpc) is 2.03. The Bertz CT molecular complexity index is 248. The van der Waals surface area contributed by atoms with Crippen LogP contribution in [0.25, 0.3) is 0 Å². The SMILES string of the molecule is O=C1C=CC=C(C(=O)CO)C1. The van der Waals surface area contributed by atoms with E-state index in [2.05, 4.69) is 0 Å². The monoisotopic (exact) mass is 152 g/mol. The molecule has 58 valence electrons. The molecule has 0 atom stereocenters. The molecule has 1 aliphatic rings. The molecule has 0 saturated carbocycles. The Kier molecular flexibility index (Phi) is 2.33. The first-order valence-electron chi connectivity index (χ1n) is 3.28. The summed E-state index contributed by atoms with van der Waals surface area (Å²) in [5.74, 6) is -0.466. The van der Waals surface area contributed by atoms with Gasteiger partial charge in [-0.3, -0.25) is 9.59 Å². The first kappa shape index (κ1) is 7.88. The van der Waals surface area contributed by atoms with Crippen LogP contribution in [0.3, 0.4) is 0 Å². The van der Waals surface area contributed by atoms with Gasteiger partial charge in [0.2, 0.25) is 0 Å². The van der Waals surface area contributed by atoms with Crippen LogP contribution in [0, 0.1) is 0 Å². The second-order valence-corrected chi connectivity index (χ2v) is 2.28. The third-order valence-electron chi connectivity index (χ3n) is 1.45. The number of Topliss-reactive ketones (excluding diaryl/α,β-unsaturated/α-hetero) is 1. The summed E-state index contributed by atoms with van der Waals surface area (Å²) < 4.78 is 0. The number of aliphatic hydroxyl groups excluding tert-OH is 1. The number of hydrogen-bond acceptors (Lipinski definition) is 3. The van der Waals surface area contributed by atoms with Crippen molar-refractivity contribution in [3.63, 3.8) is 0 Å². The van der Waals surface area contributed by atoms with Crippen LogP contribution in [-0.2, 0) is 9.59 Å². The van der Waals surface area contributed by atoms with Gasteiger partial charge in [0.15, 0.2) is 11.6 Å². The van der Waals surface area contributed by atoms with Gasteiger partial charge in [-0.2, -0.15) is 0 Å². The van der Waals surface area contributed by atoms with Crippen molar-refractivity contribution in [3.8, 4) is 0 Å². The highest BCUT2D eigenvalue weighted by Gasteiger charge is 2.12. The molecule has 0 fully saturated rings. The third kappa shape index (κ3) is 1.85. The van der Waals surface area contributed by atoms with Crippen molar-refractivity contribution in [1.29, 1.82) is 0 Å². The van der Waals surface area contributed by atoms with Crippen LogP contribution in [0.2, 0.25) is 0 Å². The predicted molar refractivity (Wildman–Crippen MR) is 38.9 cm³/mol. The van der Waals surface area contributed by atoms with Crippen LogP contribution in [-0.4, -0.2) is 23.3 Å². The van der Waals surface area contributed by atoms with Gasteiger partial charge in [0.1, 0.15) is 6.61 Å². The quantitative estimate of drug-likeness (QED) is 0.606. The lowest BCUT2D eigenvalue weighted by Gasteiger charge is -2.03. The fourth-order valence-corrected chi connectivity index (χ4v) is 0.870. The zero-order valence-electron chi connectivity index (χ0n) is 5.91. The Hall–Kier alpha value is -1.22. The molecule has 3 nitrogen and oxygen atoms in total. The van der Waals surface area contributed by atoms with Gasteiger partial charge in [-0.05, 0) is 6.08 Å². The van der Waals surface area contributed by atoms with Gasteiger partial charge in [0.25, 0.3) is 0 Å². The lowest BCUT2D eigenvalue weighted by molar-refractivity contribution is -0.120. The Labute approximate surface area is 64.0 Å². The smallest absolute Gasteiger partial charge is 0.184 e. The first-order valence-corrected chi connectivity index (χ1v) is 3.28. The molecule has 0 radical (unpaired) electrons. The summed E-state index contributed by atoms with van der Waals surface area (Å²) in [6.07, 6.45) is 4.61. The van der Waals surface area contributed by atoms with E-state index >= 15 is 0 Å². The summed E-state index contributed by atoms with van der Waals surface area (Å²) in [7, 11) is 0.